The Kier molecular flexibility index (Phi) is 10.7. The molecule has 0 aliphatic heterocycles. The Labute approximate surface area is 180 Å². The van der Waals surface area contributed by atoms with E-state index in [4.69, 9.17) is 9.84 Å². The zero-order valence-electron chi connectivity index (χ0n) is 17.8. The highest BCUT2D eigenvalue weighted by atomic mass is 16.5. The highest BCUT2D eigenvalue weighted by Crippen LogP contribution is 2.05. The van der Waals surface area contributed by atoms with E-state index in [-0.39, 0.29) is 25.4 Å². The molecule has 0 spiro atoms. The maximum absolute atomic E-state index is 12.6. The molecule has 170 valence electrons. The molecule has 0 aromatic heterocycles. The van der Waals surface area contributed by atoms with Crippen molar-refractivity contribution in [3.63, 3.8) is 0 Å². The second-order valence-electron chi connectivity index (χ2n) is 7.34. The van der Waals surface area contributed by atoms with Gasteiger partial charge in [-0.1, -0.05) is 44.2 Å². The van der Waals surface area contributed by atoms with Gasteiger partial charge in [-0.15, -0.1) is 0 Å². The number of hydrogen-bond donors (Lipinski definition) is 4. The Morgan fingerprint density at radius 2 is 1.65 bits per heavy atom. The molecule has 0 saturated heterocycles. The van der Waals surface area contributed by atoms with Gasteiger partial charge >= 0.3 is 12.1 Å². The predicted octanol–water partition coefficient (Wildman–Crippen LogP) is 0.991. The number of hydrogen-bond acceptors (Lipinski definition) is 6. The second-order valence-corrected chi connectivity index (χ2v) is 7.34. The summed E-state index contributed by atoms with van der Waals surface area (Å²) in [5.41, 5.74) is 0.793. The Balaban J connectivity index is 2.58. The third-order valence-electron chi connectivity index (χ3n) is 4.35. The number of carboxylic acids is 1. The van der Waals surface area contributed by atoms with Crippen LogP contribution in [-0.2, 0) is 30.5 Å². The van der Waals surface area contributed by atoms with Gasteiger partial charge in [-0.3, -0.25) is 14.4 Å². The van der Waals surface area contributed by atoms with Gasteiger partial charge in [0.2, 0.25) is 11.8 Å². The lowest BCUT2D eigenvalue weighted by Gasteiger charge is -2.24. The topological polar surface area (TPSA) is 151 Å². The normalized spacial score (nSPS) is 13.4. The largest absolute Gasteiger partial charge is 0.481 e. The minimum Gasteiger partial charge on any atom is -0.481 e. The van der Waals surface area contributed by atoms with Gasteiger partial charge in [0.1, 0.15) is 25.0 Å². The van der Waals surface area contributed by atoms with Gasteiger partial charge in [0, 0.05) is 6.42 Å². The first-order valence-corrected chi connectivity index (χ1v) is 9.89. The van der Waals surface area contributed by atoms with Crippen molar-refractivity contribution >= 4 is 30.2 Å². The highest BCUT2D eigenvalue weighted by Gasteiger charge is 2.28. The first-order chi connectivity index (χ1) is 14.6. The van der Waals surface area contributed by atoms with E-state index in [1.807, 2.05) is 18.2 Å². The van der Waals surface area contributed by atoms with Crippen LogP contribution in [0.2, 0.25) is 0 Å². The van der Waals surface area contributed by atoms with Crippen molar-refractivity contribution in [1.29, 1.82) is 0 Å². The second kappa shape index (κ2) is 13.0. The van der Waals surface area contributed by atoms with Gasteiger partial charge < -0.3 is 30.6 Å². The molecule has 0 heterocycles. The molecule has 4 N–H and O–H groups in total. The molecule has 3 atom stereocenters. The van der Waals surface area contributed by atoms with Crippen LogP contribution in [0.1, 0.15) is 39.2 Å². The zero-order chi connectivity index (χ0) is 23.4. The average Bonchev–Trinajstić information content (AvgIpc) is 2.73. The lowest BCUT2D eigenvalue weighted by Crippen LogP contribution is -2.55. The van der Waals surface area contributed by atoms with Gasteiger partial charge in [0.15, 0.2) is 0 Å². The SMILES string of the molecule is CC(C)[C@H](NC(=O)OCc1ccccc1)C(=O)N[C@@H](C)C(=O)N[C@H](C=O)CCC(=O)O. The molecular formula is C21H29N3O7. The van der Waals surface area contributed by atoms with Crippen molar-refractivity contribution in [2.24, 2.45) is 5.92 Å². The summed E-state index contributed by atoms with van der Waals surface area (Å²) in [4.78, 5) is 58.5. The van der Waals surface area contributed by atoms with Crippen molar-refractivity contribution in [1.82, 2.24) is 16.0 Å². The number of amides is 3. The quantitative estimate of drug-likeness (QED) is 0.357. The van der Waals surface area contributed by atoms with Crippen LogP contribution in [-0.4, -0.2) is 53.4 Å². The van der Waals surface area contributed by atoms with Crippen LogP contribution in [0.25, 0.3) is 0 Å². The first-order valence-electron chi connectivity index (χ1n) is 9.89. The fourth-order valence-corrected chi connectivity index (χ4v) is 2.56. The fourth-order valence-electron chi connectivity index (χ4n) is 2.56. The Hall–Kier alpha value is -3.43. The van der Waals surface area contributed by atoms with E-state index in [1.54, 1.807) is 26.0 Å². The molecule has 0 aliphatic carbocycles. The molecule has 0 radical (unpaired) electrons. The van der Waals surface area contributed by atoms with Gasteiger partial charge in [0.25, 0.3) is 0 Å². The van der Waals surface area contributed by atoms with E-state index in [0.717, 1.165) is 5.56 Å². The summed E-state index contributed by atoms with van der Waals surface area (Å²) in [6.07, 6.45) is -0.676. The Morgan fingerprint density at radius 3 is 2.19 bits per heavy atom. The predicted molar refractivity (Wildman–Crippen MR) is 111 cm³/mol. The lowest BCUT2D eigenvalue weighted by molar-refractivity contribution is -0.137. The summed E-state index contributed by atoms with van der Waals surface area (Å²) in [6, 6.07) is 6.11. The molecule has 31 heavy (non-hydrogen) atoms. The number of aldehydes is 1. The molecule has 0 bridgehead atoms. The standard InChI is InChI=1S/C21H29N3O7/c1-13(2)18(24-21(30)31-12-15-7-5-4-6-8-15)20(29)22-14(3)19(28)23-16(11-25)9-10-17(26)27/h4-8,11,13-14,16,18H,9-10,12H2,1-3H3,(H,22,29)(H,23,28)(H,24,30)(H,26,27)/t14-,16-,18-/m0/s1. The molecule has 0 aliphatic rings. The summed E-state index contributed by atoms with van der Waals surface area (Å²) in [5, 5.41) is 16.0. The number of alkyl carbamates (subject to hydrolysis) is 1. The zero-order valence-corrected chi connectivity index (χ0v) is 17.8. The molecule has 10 heteroatoms. The number of carbonyl (C=O) groups excluding carboxylic acids is 4. The van der Waals surface area contributed by atoms with Crippen LogP contribution in [0.4, 0.5) is 4.79 Å². The lowest BCUT2D eigenvalue weighted by atomic mass is 10.0. The summed E-state index contributed by atoms with van der Waals surface area (Å²) in [5.74, 6) is -2.63. The third kappa shape index (κ3) is 9.75. The minimum absolute atomic E-state index is 0.0430. The van der Waals surface area contributed by atoms with Crippen molar-refractivity contribution in [3.8, 4) is 0 Å². The number of carboxylic acid groups (broad SMARTS) is 1. The van der Waals surface area contributed by atoms with E-state index >= 15 is 0 Å². The van der Waals surface area contributed by atoms with Gasteiger partial charge in [-0.05, 0) is 24.8 Å². The highest BCUT2D eigenvalue weighted by molar-refractivity contribution is 5.92. The van der Waals surface area contributed by atoms with Crippen LogP contribution in [0.15, 0.2) is 30.3 Å². The fraction of sp³-hybridized carbons (Fsp3) is 0.476. The number of carbonyl (C=O) groups is 5. The van der Waals surface area contributed by atoms with Crippen molar-refractivity contribution < 1.29 is 33.8 Å². The van der Waals surface area contributed by atoms with Gasteiger partial charge in [-0.25, -0.2) is 4.79 Å². The van der Waals surface area contributed by atoms with E-state index in [9.17, 15) is 24.0 Å². The molecule has 1 aromatic rings. The summed E-state index contributed by atoms with van der Waals surface area (Å²) in [6.45, 7) is 4.90. The van der Waals surface area contributed by atoms with Crippen LogP contribution in [0, 0.1) is 5.92 Å². The molecule has 10 nitrogen and oxygen atoms in total. The van der Waals surface area contributed by atoms with Crippen LogP contribution < -0.4 is 16.0 Å². The van der Waals surface area contributed by atoms with Crippen LogP contribution in [0.5, 0.6) is 0 Å². The Bertz CT molecular complexity index is 767. The van der Waals surface area contributed by atoms with Crippen LogP contribution >= 0.6 is 0 Å². The summed E-state index contributed by atoms with van der Waals surface area (Å²) < 4.78 is 5.13. The maximum Gasteiger partial charge on any atom is 0.408 e. The average molecular weight is 435 g/mol. The maximum atomic E-state index is 12.6. The number of benzene rings is 1. The van der Waals surface area contributed by atoms with E-state index in [2.05, 4.69) is 16.0 Å². The molecule has 0 unspecified atom stereocenters. The number of nitrogens with one attached hydrogen (secondary N) is 3. The van der Waals surface area contributed by atoms with Crippen molar-refractivity contribution in [2.75, 3.05) is 0 Å². The third-order valence-corrected chi connectivity index (χ3v) is 4.35. The van der Waals surface area contributed by atoms with Crippen molar-refractivity contribution in [2.45, 2.75) is 58.3 Å². The molecular weight excluding hydrogens is 406 g/mol. The van der Waals surface area contributed by atoms with Crippen molar-refractivity contribution in [3.05, 3.63) is 35.9 Å². The monoisotopic (exact) mass is 435 g/mol. The molecule has 1 aromatic carbocycles. The molecule has 3 amide bonds. The number of aliphatic carboxylic acids is 1. The smallest absolute Gasteiger partial charge is 0.408 e. The van der Waals surface area contributed by atoms with Gasteiger partial charge in [0.05, 0.1) is 6.04 Å². The first kappa shape index (κ1) is 25.6. The van der Waals surface area contributed by atoms with E-state index in [0.29, 0.717) is 6.29 Å². The Morgan fingerprint density at radius 1 is 1.00 bits per heavy atom. The van der Waals surface area contributed by atoms with E-state index in [1.165, 1.54) is 6.92 Å². The molecule has 0 saturated carbocycles. The van der Waals surface area contributed by atoms with Crippen LogP contribution in [0.3, 0.4) is 0 Å². The van der Waals surface area contributed by atoms with E-state index < -0.39 is 42.0 Å². The molecule has 0 fully saturated rings. The number of rotatable bonds is 12. The molecule has 1 rings (SSSR count). The summed E-state index contributed by atoms with van der Waals surface area (Å²) in [7, 11) is 0. The number of ether oxygens (including phenoxy) is 1. The minimum atomic E-state index is -1.09. The summed E-state index contributed by atoms with van der Waals surface area (Å²) >= 11 is 0. The van der Waals surface area contributed by atoms with Gasteiger partial charge in [-0.2, -0.15) is 0 Å².